The summed E-state index contributed by atoms with van der Waals surface area (Å²) >= 11 is 5.00. The molecule has 0 aliphatic heterocycles. The van der Waals surface area contributed by atoms with E-state index in [-0.39, 0.29) is 6.10 Å². The number of carbonyl (C=O) groups excluding carboxylic acids is 1. The molecule has 4 heteroatoms. The largest absolute Gasteiger partial charge is 0.446 e. The molecule has 3 nitrogen and oxygen atoms in total. The number of halogens is 1. The Kier molecular flexibility index (Phi) is 2.54. The number of hydrogen-bond donors (Lipinski definition) is 1. The van der Waals surface area contributed by atoms with Gasteiger partial charge in [-0.05, 0) is 12.2 Å². The molecule has 0 aromatic heterocycles. The molecule has 0 aromatic carbocycles. The Bertz CT molecular complexity index is 222. The molecule has 1 atom stereocenters. The minimum absolute atomic E-state index is 0.257. The van der Waals surface area contributed by atoms with Crippen molar-refractivity contribution in [2.75, 3.05) is 0 Å². The topological polar surface area (TPSA) is 52.3 Å². The zero-order valence-corrected chi connectivity index (χ0v) is 6.54. The third-order valence-corrected chi connectivity index (χ3v) is 1.42. The average molecular weight is 174 g/mol. The van der Waals surface area contributed by atoms with Gasteiger partial charge >= 0.3 is 5.43 Å². The van der Waals surface area contributed by atoms with E-state index >= 15 is 0 Å². The Labute approximate surface area is 69.5 Å². The van der Waals surface area contributed by atoms with Gasteiger partial charge in [0.15, 0.2) is 0 Å². The lowest BCUT2D eigenvalue weighted by atomic mass is 10.1. The zero-order valence-electron chi connectivity index (χ0n) is 5.79. The quantitative estimate of drug-likeness (QED) is 0.612. The van der Waals surface area contributed by atoms with Crippen LogP contribution >= 0.6 is 11.6 Å². The first-order valence-corrected chi connectivity index (χ1v) is 3.56. The van der Waals surface area contributed by atoms with Crippen molar-refractivity contribution in [1.29, 1.82) is 0 Å². The first-order valence-electron chi connectivity index (χ1n) is 3.18. The average Bonchev–Trinajstić information content (AvgIpc) is 1.93. The lowest BCUT2D eigenvalue weighted by molar-refractivity contribution is 0.146. The Balaban J connectivity index is 2.43. The van der Waals surface area contributed by atoms with Crippen LogP contribution in [0.2, 0.25) is 0 Å². The van der Waals surface area contributed by atoms with Crippen LogP contribution in [0.1, 0.15) is 6.42 Å². The van der Waals surface area contributed by atoms with Gasteiger partial charge in [0.1, 0.15) is 6.10 Å². The second-order valence-electron chi connectivity index (χ2n) is 2.19. The van der Waals surface area contributed by atoms with Gasteiger partial charge in [0.05, 0.1) is 0 Å². The van der Waals surface area contributed by atoms with E-state index < -0.39 is 5.43 Å². The summed E-state index contributed by atoms with van der Waals surface area (Å²) in [6, 6.07) is 0. The maximum Gasteiger partial charge on any atom is 0.404 e. The molecule has 0 bridgehead atoms. The van der Waals surface area contributed by atoms with Crippen molar-refractivity contribution >= 4 is 17.0 Å². The van der Waals surface area contributed by atoms with Gasteiger partial charge in [-0.2, -0.15) is 0 Å². The molecule has 0 fully saturated rings. The molecule has 0 saturated heterocycles. The molecule has 0 radical (unpaired) electrons. The SMILES string of the molecule is NC1=CCC(OC(=O)Cl)C=C1. The summed E-state index contributed by atoms with van der Waals surface area (Å²) in [7, 11) is 0. The van der Waals surface area contributed by atoms with Crippen LogP contribution in [0.5, 0.6) is 0 Å². The fourth-order valence-corrected chi connectivity index (χ4v) is 0.938. The highest BCUT2D eigenvalue weighted by molar-refractivity contribution is 6.61. The van der Waals surface area contributed by atoms with E-state index in [2.05, 4.69) is 4.74 Å². The van der Waals surface area contributed by atoms with Crippen molar-refractivity contribution in [2.45, 2.75) is 12.5 Å². The van der Waals surface area contributed by atoms with Crippen LogP contribution in [-0.2, 0) is 4.74 Å². The van der Waals surface area contributed by atoms with E-state index in [0.717, 1.165) is 0 Å². The van der Waals surface area contributed by atoms with Crippen LogP contribution in [0.15, 0.2) is 23.9 Å². The highest BCUT2D eigenvalue weighted by Gasteiger charge is 2.10. The molecule has 0 aromatic rings. The summed E-state index contributed by atoms with van der Waals surface area (Å²) in [6.45, 7) is 0. The summed E-state index contributed by atoms with van der Waals surface area (Å²) in [6.07, 6.45) is 5.52. The van der Waals surface area contributed by atoms with Gasteiger partial charge < -0.3 is 10.5 Å². The highest BCUT2D eigenvalue weighted by Crippen LogP contribution is 2.11. The molecule has 11 heavy (non-hydrogen) atoms. The smallest absolute Gasteiger partial charge is 0.404 e. The van der Waals surface area contributed by atoms with E-state index in [1.807, 2.05) is 0 Å². The monoisotopic (exact) mass is 173 g/mol. The van der Waals surface area contributed by atoms with Crippen molar-refractivity contribution in [3.63, 3.8) is 0 Å². The lowest BCUT2D eigenvalue weighted by Gasteiger charge is -2.12. The van der Waals surface area contributed by atoms with Crippen LogP contribution < -0.4 is 5.73 Å². The number of hydrogen-bond acceptors (Lipinski definition) is 3. The van der Waals surface area contributed by atoms with Crippen LogP contribution in [0, 0.1) is 0 Å². The minimum Gasteiger partial charge on any atom is -0.446 e. The Morgan fingerprint density at radius 1 is 1.82 bits per heavy atom. The fourth-order valence-electron chi connectivity index (χ4n) is 0.824. The van der Waals surface area contributed by atoms with Crippen LogP contribution in [0.4, 0.5) is 4.79 Å². The number of ether oxygens (including phenoxy) is 1. The normalized spacial score (nSPS) is 22.6. The highest BCUT2D eigenvalue weighted by atomic mass is 35.5. The second-order valence-corrected chi connectivity index (χ2v) is 2.50. The molecule has 60 valence electrons. The van der Waals surface area contributed by atoms with Gasteiger partial charge in [0.2, 0.25) is 0 Å². The number of rotatable bonds is 1. The summed E-state index contributed by atoms with van der Waals surface area (Å²) in [5.74, 6) is 0. The van der Waals surface area contributed by atoms with Gasteiger partial charge in [-0.1, -0.05) is 6.08 Å². The summed E-state index contributed by atoms with van der Waals surface area (Å²) in [5, 5.41) is 0. The summed E-state index contributed by atoms with van der Waals surface area (Å²) < 4.78 is 4.68. The molecular formula is C7H8ClNO2. The van der Waals surface area contributed by atoms with Crippen molar-refractivity contribution in [3.05, 3.63) is 23.9 Å². The predicted molar refractivity (Wildman–Crippen MR) is 42.1 cm³/mol. The third-order valence-electron chi connectivity index (χ3n) is 1.33. The predicted octanol–water partition coefficient (Wildman–Crippen LogP) is 1.53. The molecule has 1 aliphatic carbocycles. The summed E-state index contributed by atoms with van der Waals surface area (Å²) in [5.41, 5.74) is 5.33. The van der Waals surface area contributed by atoms with E-state index in [1.54, 1.807) is 18.2 Å². The molecule has 1 unspecified atom stereocenters. The second kappa shape index (κ2) is 3.44. The third kappa shape index (κ3) is 2.63. The standard InChI is InChI=1S/C7H8ClNO2/c8-7(10)11-6-3-1-5(9)2-4-6/h1-3,6H,4,9H2. The first-order chi connectivity index (χ1) is 5.18. The summed E-state index contributed by atoms with van der Waals surface area (Å²) in [4.78, 5) is 10.3. The zero-order chi connectivity index (χ0) is 8.27. The number of carbonyl (C=O) groups is 1. The Morgan fingerprint density at radius 3 is 3.00 bits per heavy atom. The molecule has 1 rings (SSSR count). The molecule has 0 amide bonds. The van der Waals surface area contributed by atoms with Gasteiger partial charge in [-0.25, -0.2) is 4.79 Å². The number of allylic oxidation sites excluding steroid dienone is 1. The maximum atomic E-state index is 10.3. The van der Waals surface area contributed by atoms with Crippen molar-refractivity contribution < 1.29 is 9.53 Å². The van der Waals surface area contributed by atoms with E-state index in [9.17, 15) is 4.79 Å². The van der Waals surface area contributed by atoms with Crippen LogP contribution in [0.3, 0.4) is 0 Å². The van der Waals surface area contributed by atoms with Crippen molar-refractivity contribution in [1.82, 2.24) is 0 Å². The minimum atomic E-state index is -0.784. The molecule has 0 spiro atoms. The van der Waals surface area contributed by atoms with Gasteiger partial charge in [-0.3, -0.25) is 0 Å². The van der Waals surface area contributed by atoms with E-state index in [0.29, 0.717) is 12.1 Å². The first kappa shape index (κ1) is 8.14. The van der Waals surface area contributed by atoms with Crippen molar-refractivity contribution in [2.24, 2.45) is 5.73 Å². The molecule has 0 heterocycles. The molecule has 2 N–H and O–H groups in total. The van der Waals surface area contributed by atoms with E-state index in [1.165, 1.54) is 0 Å². The van der Waals surface area contributed by atoms with Gasteiger partial charge in [0.25, 0.3) is 0 Å². The number of nitrogens with two attached hydrogens (primary N) is 1. The molecule has 0 saturated carbocycles. The Morgan fingerprint density at radius 2 is 2.55 bits per heavy atom. The lowest BCUT2D eigenvalue weighted by Crippen LogP contribution is -2.14. The molecular weight excluding hydrogens is 166 g/mol. The molecule has 1 aliphatic rings. The van der Waals surface area contributed by atoms with E-state index in [4.69, 9.17) is 17.3 Å². The Hall–Kier alpha value is -0.960. The van der Waals surface area contributed by atoms with Crippen LogP contribution in [0.25, 0.3) is 0 Å². The van der Waals surface area contributed by atoms with Crippen molar-refractivity contribution in [3.8, 4) is 0 Å². The maximum absolute atomic E-state index is 10.3. The van der Waals surface area contributed by atoms with Crippen LogP contribution in [-0.4, -0.2) is 11.5 Å². The fraction of sp³-hybridized carbons (Fsp3) is 0.286. The van der Waals surface area contributed by atoms with Gasteiger partial charge in [-0.15, -0.1) is 0 Å². The van der Waals surface area contributed by atoms with Gasteiger partial charge in [0, 0.05) is 23.7 Å².